The van der Waals surface area contributed by atoms with E-state index in [1.165, 1.54) is 13.2 Å². The number of nitrogens with zero attached hydrogens (tertiary/aromatic N) is 1. The molecule has 2 rings (SSSR count). The minimum absolute atomic E-state index is 0.0474. The lowest BCUT2D eigenvalue weighted by molar-refractivity contribution is -0.385. The van der Waals surface area contributed by atoms with Gasteiger partial charge in [0.15, 0.2) is 0 Å². The first-order chi connectivity index (χ1) is 9.52. The average molecular weight is 280 g/mol. The van der Waals surface area contributed by atoms with Gasteiger partial charge in [0.05, 0.1) is 24.7 Å². The van der Waals surface area contributed by atoms with Gasteiger partial charge in [-0.3, -0.25) is 10.1 Å². The van der Waals surface area contributed by atoms with Crippen molar-refractivity contribution in [1.82, 2.24) is 5.32 Å². The molecule has 110 valence electrons. The molecule has 1 fully saturated rings. The van der Waals surface area contributed by atoms with E-state index in [0.717, 1.165) is 25.0 Å². The molecule has 6 heteroatoms. The molecule has 0 saturated carbocycles. The quantitative estimate of drug-likeness (QED) is 0.661. The van der Waals surface area contributed by atoms with Crippen molar-refractivity contribution < 1.29 is 14.4 Å². The molecule has 1 aromatic carbocycles. The van der Waals surface area contributed by atoms with Gasteiger partial charge in [-0.1, -0.05) is 0 Å². The van der Waals surface area contributed by atoms with Gasteiger partial charge in [-0.05, 0) is 31.4 Å². The van der Waals surface area contributed by atoms with Crippen molar-refractivity contribution in [2.24, 2.45) is 0 Å². The first-order valence-corrected chi connectivity index (χ1v) is 6.67. The van der Waals surface area contributed by atoms with Crippen LogP contribution in [0.3, 0.4) is 0 Å². The van der Waals surface area contributed by atoms with Crippen LogP contribution in [0.5, 0.6) is 5.75 Å². The highest BCUT2D eigenvalue weighted by Gasteiger charge is 2.26. The fraction of sp³-hybridized carbons (Fsp3) is 0.571. The number of hydrogen-bond acceptors (Lipinski definition) is 5. The molecule has 1 aliphatic rings. The van der Waals surface area contributed by atoms with Gasteiger partial charge in [-0.2, -0.15) is 0 Å². The Morgan fingerprint density at radius 3 is 2.90 bits per heavy atom. The van der Waals surface area contributed by atoms with E-state index in [9.17, 15) is 10.1 Å². The Hall–Kier alpha value is -1.66. The molecular weight excluding hydrogens is 260 g/mol. The molecule has 0 radical (unpaired) electrons. The van der Waals surface area contributed by atoms with Crippen LogP contribution in [0.1, 0.15) is 25.3 Å². The first kappa shape index (κ1) is 14.7. The Balaban J connectivity index is 2.08. The molecule has 1 heterocycles. The third kappa shape index (κ3) is 3.68. The smallest absolute Gasteiger partial charge is 0.273 e. The molecular formula is C14H20N2O4. The van der Waals surface area contributed by atoms with Gasteiger partial charge in [-0.15, -0.1) is 0 Å². The zero-order valence-corrected chi connectivity index (χ0v) is 11.8. The Bertz CT molecular complexity index is 484. The summed E-state index contributed by atoms with van der Waals surface area (Å²) in [6, 6.07) is 4.81. The van der Waals surface area contributed by atoms with Crippen LogP contribution in [0.4, 0.5) is 5.69 Å². The lowest BCUT2D eigenvalue weighted by Gasteiger charge is -2.34. The zero-order valence-electron chi connectivity index (χ0n) is 11.8. The molecule has 1 aromatic rings. The second kappa shape index (κ2) is 6.19. The van der Waals surface area contributed by atoms with Crippen LogP contribution in [-0.2, 0) is 11.3 Å². The molecule has 0 amide bonds. The maximum absolute atomic E-state index is 10.9. The van der Waals surface area contributed by atoms with Crippen molar-refractivity contribution >= 4 is 5.69 Å². The van der Waals surface area contributed by atoms with Crippen molar-refractivity contribution in [3.8, 4) is 5.75 Å². The van der Waals surface area contributed by atoms with Crippen LogP contribution >= 0.6 is 0 Å². The number of methoxy groups -OCH3 is 1. The van der Waals surface area contributed by atoms with E-state index in [1.807, 2.05) is 6.07 Å². The summed E-state index contributed by atoms with van der Waals surface area (Å²) in [4.78, 5) is 10.5. The van der Waals surface area contributed by atoms with Gasteiger partial charge >= 0.3 is 0 Å². The Kier molecular flexibility index (Phi) is 4.57. The Morgan fingerprint density at radius 2 is 2.30 bits per heavy atom. The fourth-order valence-electron chi connectivity index (χ4n) is 2.36. The van der Waals surface area contributed by atoms with E-state index in [2.05, 4.69) is 12.2 Å². The van der Waals surface area contributed by atoms with Crippen molar-refractivity contribution in [2.75, 3.05) is 20.3 Å². The molecule has 1 unspecified atom stereocenters. The summed E-state index contributed by atoms with van der Waals surface area (Å²) in [6.45, 7) is 4.14. The van der Waals surface area contributed by atoms with Crippen LogP contribution in [0.15, 0.2) is 18.2 Å². The molecule has 6 nitrogen and oxygen atoms in total. The van der Waals surface area contributed by atoms with Crippen molar-refractivity contribution in [1.29, 1.82) is 0 Å². The fourth-order valence-corrected chi connectivity index (χ4v) is 2.36. The molecule has 1 N–H and O–H groups in total. The van der Waals surface area contributed by atoms with E-state index < -0.39 is 4.92 Å². The Labute approximate surface area is 118 Å². The minimum atomic E-state index is -0.405. The summed E-state index contributed by atoms with van der Waals surface area (Å²) in [5.74, 6) is 0.501. The molecule has 1 aliphatic heterocycles. The van der Waals surface area contributed by atoms with Crippen LogP contribution in [-0.4, -0.2) is 30.8 Å². The van der Waals surface area contributed by atoms with Crippen LogP contribution in [0.2, 0.25) is 0 Å². The van der Waals surface area contributed by atoms with E-state index in [-0.39, 0.29) is 11.2 Å². The SMILES string of the molecule is COc1cc(CNC2(C)CCCOC2)cc([N+](=O)[O-])c1. The topological polar surface area (TPSA) is 73.6 Å². The van der Waals surface area contributed by atoms with Gasteiger partial charge in [0, 0.05) is 24.8 Å². The largest absolute Gasteiger partial charge is 0.496 e. The van der Waals surface area contributed by atoms with Crippen molar-refractivity contribution in [2.45, 2.75) is 31.8 Å². The van der Waals surface area contributed by atoms with Gasteiger partial charge in [0.1, 0.15) is 5.75 Å². The molecule has 20 heavy (non-hydrogen) atoms. The van der Waals surface area contributed by atoms with E-state index in [4.69, 9.17) is 9.47 Å². The van der Waals surface area contributed by atoms with E-state index >= 15 is 0 Å². The van der Waals surface area contributed by atoms with Crippen LogP contribution in [0, 0.1) is 10.1 Å². The van der Waals surface area contributed by atoms with Crippen molar-refractivity contribution in [3.05, 3.63) is 33.9 Å². The van der Waals surface area contributed by atoms with E-state index in [1.54, 1.807) is 6.07 Å². The van der Waals surface area contributed by atoms with E-state index in [0.29, 0.717) is 18.9 Å². The summed E-state index contributed by atoms with van der Waals surface area (Å²) in [5.41, 5.74) is 0.810. The van der Waals surface area contributed by atoms with Gasteiger partial charge in [0.25, 0.3) is 5.69 Å². The lowest BCUT2D eigenvalue weighted by atomic mass is 9.94. The number of benzene rings is 1. The highest BCUT2D eigenvalue weighted by atomic mass is 16.6. The normalized spacial score (nSPS) is 22.5. The average Bonchev–Trinajstić information content (AvgIpc) is 2.45. The number of ether oxygens (including phenoxy) is 2. The molecule has 0 aromatic heterocycles. The maximum Gasteiger partial charge on any atom is 0.273 e. The predicted octanol–water partition coefficient (Wildman–Crippen LogP) is 2.26. The summed E-state index contributed by atoms with van der Waals surface area (Å²) < 4.78 is 10.6. The third-order valence-corrected chi connectivity index (χ3v) is 3.55. The van der Waals surface area contributed by atoms with Crippen LogP contribution in [0.25, 0.3) is 0 Å². The summed E-state index contributed by atoms with van der Waals surface area (Å²) in [7, 11) is 1.51. The summed E-state index contributed by atoms with van der Waals surface area (Å²) in [6.07, 6.45) is 2.07. The Morgan fingerprint density at radius 1 is 1.50 bits per heavy atom. The number of nitro benzene ring substituents is 1. The third-order valence-electron chi connectivity index (χ3n) is 3.55. The number of nitro groups is 1. The number of nitrogens with one attached hydrogen (secondary N) is 1. The first-order valence-electron chi connectivity index (χ1n) is 6.67. The number of rotatable bonds is 5. The van der Waals surface area contributed by atoms with Gasteiger partial charge in [0.2, 0.25) is 0 Å². The molecule has 0 aliphatic carbocycles. The lowest BCUT2D eigenvalue weighted by Crippen LogP contribution is -2.48. The standard InChI is InChI=1S/C14H20N2O4/c1-14(4-3-5-20-10-14)15-9-11-6-12(16(17)18)8-13(7-11)19-2/h6-8,15H,3-5,9-10H2,1-2H3. The highest BCUT2D eigenvalue weighted by molar-refractivity contribution is 5.42. The minimum Gasteiger partial charge on any atom is -0.496 e. The molecule has 0 spiro atoms. The van der Waals surface area contributed by atoms with Gasteiger partial charge < -0.3 is 14.8 Å². The van der Waals surface area contributed by atoms with Crippen molar-refractivity contribution in [3.63, 3.8) is 0 Å². The second-order valence-corrected chi connectivity index (χ2v) is 5.37. The molecule has 1 atom stereocenters. The molecule has 0 bridgehead atoms. The maximum atomic E-state index is 10.9. The van der Waals surface area contributed by atoms with Gasteiger partial charge in [-0.25, -0.2) is 0 Å². The second-order valence-electron chi connectivity index (χ2n) is 5.37. The molecule has 1 saturated heterocycles. The monoisotopic (exact) mass is 280 g/mol. The predicted molar refractivity (Wildman–Crippen MR) is 74.9 cm³/mol. The summed E-state index contributed by atoms with van der Waals surface area (Å²) >= 11 is 0. The highest BCUT2D eigenvalue weighted by Crippen LogP contribution is 2.24. The summed E-state index contributed by atoms with van der Waals surface area (Å²) in [5, 5.41) is 14.3. The van der Waals surface area contributed by atoms with Crippen LogP contribution < -0.4 is 10.1 Å². The number of non-ortho nitro benzene ring substituents is 1. The zero-order chi connectivity index (χ0) is 14.6. The number of hydrogen-bond donors (Lipinski definition) is 1.